The Balaban J connectivity index is 2.00. The smallest absolute Gasteiger partial charge is 0.250 e. The summed E-state index contributed by atoms with van der Waals surface area (Å²) in [4.78, 5) is 23.5. The van der Waals surface area contributed by atoms with Gasteiger partial charge in [-0.15, -0.1) is 0 Å². The molecule has 1 amide bonds. The van der Waals surface area contributed by atoms with Gasteiger partial charge in [-0.05, 0) is 31.0 Å². The maximum atomic E-state index is 12.0. The van der Waals surface area contributed by atoms with Crippen LogP contribution in [0.25, 0.3) is 0 Å². The first kappa shape index (κ1) is 14.1. The number of carbonyl (C=O) groups is 1. The number of rotatable bonds is 4. The summed E-state index contributed by atoms with van der Waals surface area (Å²) in [6.45, 7) is 4.31. The molecule has 0 bridgehead atoms. The van der Waals surface area contributed by atoms with Crippen LogP contribution in [0.5, 0.6) is 0 Å². The molecule has 0 atom stereocenters. The molecule has 104 valence electrons. The summed E-state index contributed by atoms with van der Waals surface area (Å²) in [5.41, 5.74) is 2.84. The van der Waals surface area contributed by atoms with Crippen molar-refractivity contribution in [2.45, 2.75) is 26.8 Å². The fourth-order valence-corrected chi connectivity index (χ4v) is 2.08. The van der Waals surface area contributed by atoms with Crippen molar-refractivity contribution in [2.24, 2.45) is 0 Å². The third-order valence-corrected chi connectivity index (χ3v) is 3.22. The first-order chi connectivity index (χ1) is 9.58. The van der Waals surface area contributed by atoms with Crippen LogP contribution in [0, 0.1) is 13.8 Å². The molecular weight excluding hydrogens is 252 g/mol. The van der Waals surface area contributed by atoms with E-state index in [1.807, 2.05) is 32.0 Å². The van der Waals surface area contributed by atoms with Crippen LogP contribution >= 0.6 is 0 Å². The summed E-state index contributed by atoms with van der Waals surface area (Å²) in [5, 5.41) is 2.91. The average molecular weight is 270 g/mol. The lowest BCUT2D eigenvalue weighted by Gasteiger charge is -2.11. The minimum Gasteiger partial charge on any atom is -0.326 e. The van der Waals surface area contributed by atoms with Crippen molar-refractivity contribution >= 4 is 11.6 Å². The van der Waals surface area contributed by atoms with Gasteiger partial charge in [0.05, 0.1) is 0 Å². The predicted octanol–water partition coefficient (Wildman–Crippen LogP) is 2.49. The fourth-order valence-electron chi connectivity index (χ4n) is 2.08. The number of hydrogen-bond donors (Lipinski definition) is 1. The highest BCUT2D eigenvalue weighted by Crippen LogP contribution is 2.19. The maximum Gasteiger partial charge on any atom is 0.250 e. The number of carbonyl (C=O) groups excluding carboxylic acids is 1. The molecule has 0 aliphatic carbocycles. The van der Waals surface area contributed by atoms with Gasteiger partial charge < -0.3 is 9.88 Å². The molecule has 0 aliphatic heterocycles. The molecule has 4 heteroatoms. The lowest BCUT2D eigenvalue weighted by Crippen LogP contribution is -2.22. The van der Waals surface area contributed by atoms with E-state index >= 15 is 0 Å². The van der Waals surface area contributed by atoms with Gasteiger partial charge in [0, 0.05) is 30.9 Å². The van der Waals surface area contributed by atoms with E-state index in [9.17, 15) is 9.59 Å². The number of benzene rings is 1. The summed E-state index contributed by atoms with van der Waals surface area (Å²) < 4.78 is 1.53. The number of nitrogens with zero attached hydrogens (tertiary/aromatic N) is 1. The third-order valence-electron chi connectivity index (χ3n) is 3.22. The SMILES string of the molecule is Cc1cccc(C)c1NC(=O)CCn1ccccc1=O. The van der Waals surface area contributed by atoms with Crippen molar-refractivity contribution in [3.63, 3.8) is 0 Å². The van der Waals surface area contributed by atoms with Crippen molar-refractivity contribution in [3.05, 3.63) is 64.1 Å². The maximum absolute atomic E-state index is 12.0. The number of nitrogens with one attached hydrogen (secondary N) is 1. The van der Waals surface area contributed by atoms with E-state index in [1.54, 1.807) is 18.3 Å². The third kappa shape index (κ3) is 3.35. The Labute approximate surface area is 118 Å². The quantitative estimate of drug-likeness (QED) is 0.928. The van der Waals surface area contributed by atoms with Gasteiger partial charge in [0.25, 0.3) is 5.56 Å². The Bertz CT molecular complexity index is 654. The van der Waals surface area contributed by atoms with Crippen molar-refractivity contribution < 1.29 is 4.79 Å². The molecule has 0 fully saturated rings. The summed E-state index contributed by atoms with van der Waals surface area (Å²) in [5.74, 6) is -0.0850. The normalized spacial score (nSPS) is 10.3. The fraction of sp³-hybridized carbons (Fsp3) is 0.250. The van der Waals surface area contributed by atoms with E-state index in [2.05, 4.69) is 5.32 Å². The van der Waals surface area contributed by atoms with Crippen molar-refractivity contribution in [3.8, 4) is 0 Å². The Kier molecular flexibility index (Phi) is 4.35. The van der Waals surface area contributed by atoms with Gasteiger partial charge in [-0.25, -0.2) is 0 Å². The molecule has 4 nitrogen and oxygen atoms in total. The molecule has 0 radical (unpaired) electrons. The summed E-state index contributed by atoms with van der Waals surface area (Å²) in [7, 11) is 0. The topological polar surface area (TPSA) is 51.1 Å². The van der Waals surface area contributed by atoms with E-state index < -0.39 is 0 Å². The second kappa shape index (κ2) is 6.19. The number of aromatic nitrogens is 1. The van der Waals surface area contributed by atoms with E-state index in [4.69, 9.17) is 0 Å². The predicted molar refractivity (Wildman–Crippen MR) is 79.9 cm³/mol. The second-order valence-corrected chi connectivity index (χ2v) is 4.80. The highest BCUT2D eigenvalue weighted by Gasteiger charge is 2.07. The molecule has 1 aromatic heterocycles. The molecule has 0 saturated carbocycles. The summed E-state index contributed by atoms with van der Waals surface area (Å²) in [6, 6.07) is 10.8. The van der Waals surface area contributed by atoms with Crippen LogP contribution in [0.3, 0.4) is 0 Å². The molecule has 20 heavy (non-hydrogen) atoms. The van der Waals surface area contributed by atoms with Crippen LogP contribution < -0.4 is 10.9 Å². The number of aryl methyl sites for hydroxylation is 3. The Hall–Kier alpha value is -2.36. The minimum absolute atomic E-state index is 0.0850. The number of anilines is 1. The lowest BCUT2D eigenvalue weighted by atomic mass is 10.1. The monoisotopic (exact) mass is 270 g/mol. The van der Waals surface area contributed by atoms with Crippen LogP contribution in [0.2, 0.25) is 0 Å². The number of hydrogen-bond acceptors (Lipinski definition) is 2. The van der Waals surface area contributed by atoms with Gasteiger partial charge in [-0.1, -0.05) is 24.3 Å². The molecule has 1 heterocycles. The van der Waals surface area contributed by atoms with E-state index in [-0.39, 0.29) is 17.9 Å². The second-order valence-electron chi connectivity index (χ2n) is 4.80. The highest BCUT2D eigenvalue weighted by molar-refractivity contribution is 5.92. The van der Waals surface area contributed by atoms with Gasteiger partial charge >= 0.3 is 0 Å². The van der Waals surface area contributed by atoms with Crippen molar-refractivity contribution in [2.75, 3.05) is 5.32 Å². The van der Waals surface area contributed by atoms with Crippen LogP contribution in [-0.2, 0) is 11.3 Å². The Morgan fingerprint density at radius 1 is 1.10 bits per heavy atom. The zero-order valence-corrected chi connectivity index (χ0v) is 11.7. The number of para-hydroxylation sites is 1. The van der Waals surface area contributed by atoms with Gasteiger partial charge in [0.1, 0.15) is 0 Å². The van der Waals surface area contributed by atoms with Crippen molar-refractivity contribution in [1.29, 1.82) is 0 Å². The molecular formula is C16H18N2O2. The molecule has 0 unspecified atom stereocenters. The average Bonchev–Trinajstić information content (AvgIpc) is 2.42. The zero-order valence-electron chi connectivity index (χ0n) is 11.7. The molecule has 1 N–H and O–H groups in total. The molecule has 2 rings (SSSR count). The van der Waals surface area contributed by atoms with Gasteiger partial charge in [0.15, 0.2) is 0 Å². The standard InChI is InChI=1S/C16H18N2O2/c1-12-6-5-7-13(2)16(12)17-14(19)9-11-18-10-4-3-8-15(18)20/h3-8,10H,9,11H2,1-2H3,(H,17,19). The minimum atomic E-state index is -0.0904. The van der Waals surface area contributed by atoms with E-state index in [1.165, 1.54) is 10.6 Å². The molecule has 0 aliphatic rings. The van der Waals surface area contributed by atoms with Crippen LogP contribution in [0.15, 0.2) is 47.4 Å². The first-order valence-electron chi connectivity index (χ1n) is 6.59. The van der Waals surface area contributed by atoms with Crippen molar-refractivity contribution in [1.82, 2.24) is 4.57 Å². The first-order valence-corrected chi connectivity index (χ1v) is 6.59. The highest BCUT2D eigenvalue weighted by atomic mass is 16.1. The molecule has 0 saturated heterocycles. The lowest BCUT2D eigenvalue weighted by molar-refractivity contribution is -0.116. The van der Waals surface area contributed by atoms with Gasteiger partial charge in [0.2, 0.25) is 5.91 Å². The summed E-state index contributed by atoms with van der Waals surface area (Å²) >= 11 is 0. The Morgan fingerprint density at radius 3 is 2.45 bits per heavy atom. The van der Waals surface area contributed by atoms with E-state index in [0.717, 1.165) is 16.8 Å². The van der Waals surface area contributed by atoms with Crippen LogP contribution in [0.4, 0.5) is 5.69 Å². The van der Waals surface area contributed by atoms with Gasteiger partial charge in [-0.3, -0.25) is 9.59 Å². The molecule has 2 aromatic rings. The number of pyridine rings is 1. The zero-order chi connectivity index (χ0) is 14.5. The summed E-state index contributed by atoms with van der Waals surface area (Å²) in [6.07, 6.45) is 1.96. The molecule has 1 aromatic carbocycles. The largest absolute Gasteiger partial charge is 0.326 e. The van der Waals surface area contributed by atoms with Crippen LogP contribution in [0.1, 0.15) is 17.5 Å². The van der Waals surface area contributed by atoms with Crippen LogP contribution in [-0.4, -0.2) is 10.5 Å². The molecule has 0 spiro atoms. The Morgan fingerprint density at radius 2 is 1.80 bits per heavy atom. The van der Waals surface area contributed by atoms with Gasteiger partial charge in [-0.2, -0.15) is 0 Å². The number of amides is 1. The van der Waals surface area contributed by atoms with E-state index in [0.29, 0.717) is 6.54 Å².